The number of aromatic nitrogens is 3. The van der Waals surface area contributed by atoms with E-state index in [0.717, 1.165) is 31.9 Å². The molecule has 0 radical (unpaired) electrons. The van der Waals surface area contributed by atoms with Crippen molar-refractivity contribution in [3.63, 3.8) is 0 Å². The number of H-pyrrole nitrogens is 1. The quantitative estimate of drug-likeness (QED) is 0.718. The van der Waals surface area contributed by atoms with Gasteiger partial charge in [0.1, 0.15) is 5.82 Å². The summed E-state index contributed by atoms with van der Waals surface area (Å²) in [6, 6.07) is 16.3. The molecule has 4 rings (SSSR count). The predicted octanol–water partition coefficient (Wildman–Crippen LogP) is 3.16. The number of benzene rings is 2. The Labute approximate surface area is 165 Å². The van der Waals surface area contributed by atoms with Gasteiger partial charge in [0.15, 0.2) is 5.82 Å². The van der Waals surface area contributed by atoms with Crippen molar-refractivity contribution in [1.29, 1.82) is 0 Å². The number of hydrogen-bond acceptors (Lipinski definition) is 4. The molecule has 0 saturated carbocycles. The molecule has 3 aromatic rings. The Morgan fingerprint density at radius 3 is 2.64 bits per heavy atom. The van der Waals surface area contributed by atoms with Crippen LogP contribution in [0, 0.1) is 6.92 Å². The Hall–Kier alpha value is -2.99. The summed E-state index contributed by atoms with van der Waals surface area (Å²) in [5.41, 5.74) is 4.74. The molecule has 1 amide bonds. The van der Waals surface area contributed by atoms with Crippen molar-refractivity contribution >= 4 is 5.91 Å². The first-order chi connectivity index (χ1) is 13.6. The Bertz CT molecular complexity index is 963. The molecular weight excluding hydrogens is 350 g/mol. The van der Waals surface area contributed by atoms with E-state index < -0.39 is 0 Å². The number of carbonyl (C=O) groups is 1. The van der Waals surface area contributed by atoms with Crippen LogP contribution in [0.15, 0.2) is 48.5 Å². The molecule has 144 valence electrons. The van der Waals surface area contributed by atoms with Gasteiger partial charge in [-0.2, -0.15) is 5.10 Å². The topological polar surface area (TPSA) is 73.9 Å². The van der Waals surface area contributed by atoms with Gasteiger partial charge in [0.05, 0.1) is 6.04 Å². The SMILES string of the molecule is Cc1nc(C(C)NC(=O)c2ccc(CN3CCc4ccccc4C3)cc2)n[nH]1. The van der Waals surface area contributed by atoms with Crippen LogP contribution in [0.4, 0.5) is 0 Å². The summed E-state index contributed by atoms with van der Waals surface area (Å²) in [6.07, 6.45) is 1.09. The van der Waals surface area contributed by atoms with Crippen LogP contribution in [0.5, 0.6) is 0 Å². The lowest BCUT2D eigenvalue weighted by Crippen LogP contribution is -2.30. The number of fused-ring (bicyclic) bond motifs is 1. The summed E-state index contributed by atoms with van der Waals surface area (Å²) in [5, 5.41) is 9.84. The van der Waals surface area contributed by atoms with E-state index in [1.165, 1.54) is 16.7 Å². The van der Waals surface area contributed by atoms with Crippen LogP contribution < -0.4 is 5.32 Å². The minimum absolute atomic E-state index is 0.117. The van der Waals surface area contributed by atoms with Gasteiger partial charge in [0, 0.05) is 25.2 Å². The van der Waals surface area contributed by atoms with Crippen molar-refractivity contribution in [3.8, 4) is 0 Å². The summed E-state index contributed by atoms with van der Waals surface area (Å²) in [7, 11) is 0. The smallest absolute Gasteiger partial charge is 0.251 e. The average Bonchev–Trinajstić information content (AvgIpc) is 3.15. The van der Waals surface area contributed by atoms with Gasteiger partial charge in [-0.15, -0.1) is 0 Å². The molecule has 1 aromatic heterocycles. The zero-order chi connectivity index (χ0) is 19.5. The van der Waals surface area contributed by atoms with Gasteiger partial charge >= 0.3 is 0 Å². The molecule has 28 heavy (non-hydrogen) atoms. The second-order valence-electron chi connectivity index (χ2n) is 7.40. The highest BCUT2D eigenvalue weighted by molar-refractivity contribution is 5.94. The first-order valence-electron chi connectivity index (χ1n) is 9.66. The van der Waals surface area contributed by atoms with Crippen LogP contribution in [0.3, 0.4) is 0 Å². The fourth-order valence-electron chi connectivity index (χ4n) is 3.61. The highest BCUT2D eigenvalue weighted by atomic mass is 16.1. The van der Waals surface area contributed by atoms with E-state index in [-0.39, 0.29) is 11.9 Å². The van der Waals surface area contributed by atoms with Gasteiger partial charge in [-0.3, -0.25) is 14.8 Å². The molecule has 1 aliphatic rings. The van der Waals surface area contributed by atoms with Crippen molar-refractivity contribution in [3.05, 3.63) is 82.4 Å². The molecule has 6 heteroatoms. The number of hydrogen-bond donors (Lipinski definition) is 2. The lowest BCUT2D eigenvalue weighted by Gasteiger charge is -2.28. The molecule has 1 atom stereocenters. The maximum atomic E-state index is 12.5. The zero-order valence-electron chi connectivity index (χ0n) is 16.3. The summed E-state index contributed by atoms with van der Waals surface area (Å²) in [4.78, 5) is 19.2. The highest BCUT2D eigenvalue weighted by Crippen LogP contribution is 2.20. The second kappa shape index (κ2) is 7.94. The number of rotatable bonds is 5. The molecule has 0 aliphatic carbocycles. The molecule has 2 aromatic carbocycles. The van der Waals surface area contributed by atoms with Gasteiger partial charge < -0.3 is 5.32 Å². The first kappa shape index (κ1) is 18.4. The third-order valence-electron chi connectivity index (χ3n) is 5.18. The number of amides is 1. The second-order valence-corrected chi connectivity index (χ2v) is 7.40. The van der Waals surface area contributed by atoms with Crippen molar-refractivity contribution in [1.82, 2.24) is 25.4 Å². The van der Waals surface area contributed by atoms with E-state index in [1.54, 1.807) is 0 Å². The summed E-state index contributed by atoms with van der Waals surface area (Å²) < 4.78 is 0. The van der Waals surface area contributed by atoms with Gasteiger partial charge in [-0.05, 0) is 49.1 Å². The van der Waals surface area contributed by atoms with Crippen LogP contribution >= 0.6 is 0 Å². The first-order valence-corrected chi connectivity index (χ1v) is 9.66. The molecule has 2 N–H and O–H groups in total. The molecule has 0 spiro atoms. The Balaban J connectivity index is 1.35. The van der Waals surface area contributed by atoms with Crippen LogP contribution in [0.25, 0.3) is 0 Å². The van der Waals surface area contributed by atoms with Crippen molar-refractivity contribution in [2.75, 3.05) is 6.54 Å². The van der Waals surface area contributed by atoms with Crippen molar-refractivity contribution in [2.24, 2.45) is 0 Å². The largest absolute Gasteiger partial charge is 0.342 e. The summed E-state index contributed by atoms with van der Waals surface area (Å²) in [5.74, 6) is 1.21. The maximum Gasteiger partial charge on any atom is 0.251 e. The monoisotopic (exact) mass is 375 g/mol. The van der Waals surface area contributed by atoms with E-state index >= 15 is 0 Å². The van der Waals surface area contributed by atoms with Crippen LogP contribution in [0.2, 0.25) is 0 Å². The Morgan fingerprint density at radius 1 is 1.18 bits per heavy atom. The van der Waals surface area contributed by atoms with Crippen LogP contribution in [-0.4, -0.2) is 32.5 Å². The molecule has 0 fully saturated rings. The number of carbonyl (C=O) groups excluding carboxylic acids is 1. The Kier molecular flexibility index (Phi) is 5.21. The van der Waals surface area contributed by atoms with E-state index in [1.807, 2.05) is 38.1 Å². The standard InChI is InChI=1S/C22H25N5O/c1-15(21-24-16(2)25-26-21)23-22(28)19-9-7-17(8-10-19)13-27-12-11-18-5-3-4-6-20(18)14-27/h3-10,15H,11-14H2,1-2H3,(H,23,28)(H,24,25,26). The van der Waals surface area contributed by atoms with Gasteiger partial charge in [-0.25, -0.2) is 4.98 Å². The third kappa shape index (κ3) is 4.12. The lowest BCUT2D eigenvalue weighted by molar-refractivity contribution is 0.0938. The maximum absolute atomic E-state index is 12.5. The number of nitrogens with one attached hydrogen (secondary N) is 2. The van der Waals surface area contributed by atoms with Crippen molar-refractivity contribution < 1.29 is 4.79 Å². The normalized spacial score (nSPS) is 15.1. The molecule has 1 unspecified atom stereocenters. The minimum Gasteiger partial charge on any atom is -0.342 e. The third-order valence-corrected chi connectivity index (χ3v) is 5.18. The fourth-order valence-corrected chi connectivity index (χ4v) is 3.61. The fraction of sp³-hybridized carbons (Fsp3) is 0.318. The van der Waals surface area contributed by atoms with Crippen LogP contribution in [-0.2, 0) is 19.5 Å². The number of aromatic amines is 1. The van der Waals surface area contributed by atoms with Crippen molar-refractivity contribution in [2.45, 2.75) is 39.4 Å². The molecule has 0 saturated heterocycles. The molecule has 2 heterocycles. The number of aryl methyl sites for hydroxylation is 1. The minimum atomic E-state index is -0.245. The lowest BCUT2D eigenvalue weighted by atomic mass is 9.99. The van der Waals surface area contributed by atoms with Gasteiger partial charge in [0.25, 0.3) is 5.91 Å². The average molecular weight is 375 g/mol. The van der Waals surface area contributed by atoms with Gasteiger partial charge in [0.2, 0.25) is 0 Å². The van der Waals surface area contributed by atoms with Crippen LogP contribution in [0.1, 0.15) is 51.7 Å². The summed E-state index contributed by atoms with van der Waals surface area (Å²) >= 11 is 0. The van der Waals surface area contributed by atoms with E-state index in [9.17, 15) is 4.79 Å². The Morgan fingerprint density at radius 2 is 1.93 bits per heavy atom. The van der Waals surface area contributed by atoms with E-state index in [0.29, 0.717) is 11.4 Å². The highest BCUT2D eigenvalue weighted by Gasteiger charge is 2.17. The molecular formula is C22H25N5O. The predicted molar refractivity (Wildman–Crippen MR) is 108 cm³/mol. The summed E-state index contributed by atoms with van der Waals surface area (Å²) in [6.45, 7) is 6.65. The molecule has 0 bridgehead atoms. The van der Waals surface area contributed by atoms with Gasteiger partial charge in [-0.1, -0.05) is 36.4 Å². The molecule has 1 aliphatic heterocycles. The van der Waals surface area contributed by atoms with E-state index in [4.69, 9.17) is 0 Å². The zero-order valence-corrected chi connectivity index (χ0v) is 16.3. The van der Waals surface area contributed by atoms with E-state index in [2.05, 4.69) is 49.7 Å². The molecule has 6 nitrogen and oxygen atoms in total. The number of nitrogens with zero attached hydrogens (tertiary/aromatic N) is 3.